The fraction of sp³-hybridized carbons (Fsp3) is 0.133. The van der Waals surface area contributed by atoms with Gasteiger partial charge in [-0.25, -0.2) is 9.97 Å². The summed E-state index contributed by atoms with van der Waals surface area (Å²) >= 11 is 0. The van der Waals surface area contributed by atoms with Crippen molar-refractivity contribution in [1.82, 2.24) is 15.0 Å². The molecular formula is C15H13N5. The van der Waals surface area contributed by atoms with Crippen molar-refractivity contribution in [1.29, 1.82) is 5.26 Å². The maximum Gasteiger partial charge on any atom is 0.139 e. The van der Waals surface area contributed by atoms with Crippen LogP contribution in [0.2, 0.25) is 0 Å². The number of nitrogens with zero attached hydrogens (tertiary/aromatic N) is 3. The molecule has 0 spiro atoms. The maximum atomic E-state index is 8.98. The number of nitrogens with one attached hydrogen (secondary N) is 2. The molecule has 0 atom stereocenters. The minimum absolute atomic E-state index is 0.611. The van der Waals surface area contributed by atoms with Gasteiger partial charge in [0.05, 0.1) is 11.3 Å². The SMILES string of the molecule is CCNc1ccc(-c2ccc3c(C#N)c[nH]c3n2)cn1. The molecule has 0 aliphatic heterocycles. The molecule has 2 N–H and O–H groups in total. The van der Waals surface area contributed by atoms with E-state index in [4.69, 9.17) is 5.26 Å². The van der Waals surface area contributed by atoms with Crippen LogP contribution >= 0.6 is 0 Å². The highest BCUT2D eigenvalue weighted by Gasteiger charge is 2.06. The molecule has 3 rings (SSSR count). The van der Waals surface area contributed by atoms with Crippen molar-refractivity contribution in [3.63, 3.8) is 0 Å². The maximum absolute atomic E-state index is 8.98. The second kappa shape index (κ2) is 5.02. The summed E-state index contributed by atoms with van der Waals surface area (Å²) in [6.07, 6.45) is 3.47. The Labute approximate surface area is 116 Å². The lowest BCUT2D eigenvalue weighted by Gasteiger charge is -2.04. The van der Waals surface area contributed by atoms with E-state index in [0.717, 1.165) is 34.7 Å². The molecule has 0 unspecified atom stereocenters. The van der Waals surface area contributed by atoms with Crippen LogP contribution in [0.1, 0.15) is 12.5 Å². The van der Waals surface area contributed by atoms with E-state index >= 15 is 0 Å². The zero-order chi connectivity index (χ0) is 13.9. The predicted molar refractivity (Wildman–Crippen MR) is 78.2 cm³/mol. The quantitative estimate of drug-likeness (QED) is 0.761. The van der Waals surface area contributed by atoms with Crippen LogP contribution in [-0.2, 0) is 0 Å². The van der Waals surface area contributed by atoms with Gasteiger partial charge in [0.1, 0.15) is 17.5 Å². The molecular weight excluding hydrogens is 250 g/mol. The normalized spacial score (nSPS) is 10.4. The minimum atomic E-state index is 0.611. The van der Waals surface area contributed by atoms with Crippen molar-refractivity contribution in [3.05, 3.63) is 42.2 Å². The van der Waals surface area contributed by atoms with Gasteiger partial charge in [0, 0.05) is 29.9 Å². The highest BCUT2D eigenvalue weighted by atomic mass is 15.0. The van der Waals surface area contributed by atoms with Crippen molar-refractivity contribution in [2.75, 3.05) is 11.9 Å². The van der Waals surface area contributed by atoms with Gasteiger partial charge in [0.2, 0.25) is 0 Å². The van der Waals surface area contributed by atoms with Crippen LogP contribution in [0.5, 0.6) is 0 Å². The Hall–Kier alpha value is -2.87. The van der Waals surface area contributed by atoms with Crippen LogP contribution in [-0.4, -0.2) is 21.5 Å². The number of fused-ring (bicyclic) bond motifs is 1. The van der Waals surface area contributed by atoms with Crippen molar-refractivity contribution < 1.29 is 0 Å². The van der Waals surface area contributed by atoms with Gasteiger partial charge in [-0.05, 0) is 31.2 Å². The van der Waals surface area contributed by atoms with E-state index in [1.54, 1.807) is 12.4 Å². The highest BCUT2D eigenvalue weighted by molar-refractivity contribution is 5.84. The van der Waals surface area contributed by atoms with E-state index in [1.165, 1.54) is 0 Å². The third-order valence-corrected chi connectivity index (χ3v) is 3.08. The van der Waals surface area contributed by atoms with Gasteiger partial charge in [-0.1, -0.05) is 0 Å². The van der Waals surface area contributed by atoms with Crippen LogP contribution < -0.4 is 5.32 Å². The lowest BCUT2D eigenvalue weighted by molar-refractivity contribution is 1.16. The highest BCUT2D eigenvalue weighted by Crippen LogP contribution is 2.22. The summed E-state index contributed by atoms with van der Waals surface area (Å²) in [5.74, 6) is 0.851. The summed E-state index contributed by atoms with van der Waals surface area (Å²) in [5, 5.41) is 13.0. The molecule has 5 heteroatoms. The summed E-state index contributed by atoms with van der Waals surface area (Å²) in [7, 11) is 0. The molecule has 0 radical (unpaired) electrons. The fourth-order valence-electron chi connectivity index (χ4n) is 2.09. The number of nitriles is 1. The largest absolute Gasteiger partial charge is 0.370 e. The molecule has 3 aromatic heterocycles. The zero-order valence-electron chi connectivity index (χ0n) is 11.0. The molecule has 0 fully saturated rings. The zero-order valence-corrected chi connectivity index (χ0v) is 11.0. The van der Waals surface area contributed by atoms with Crippen LogP contribution in [0.3, 0.4) is 0 Å². The average molecular weight is 263 g/mol. The number of pyridine rings is 2. The number of hydrogen-bond acceptors (Lipinski definition) is 4. The third-order valence-electron chi connectivity index (χ3n) is 3.08. The molecule has 0 saturated heterocycles. The second-order valence-electron chi connectivity index (χ2n) is 4.37. The number of H-pyrrole nitrogens is 1. The van der Waals surface area contributed by atoms with Crippen molar-refractivity contribution in [3.8, 4) is 17.3 Å². The van der Waals surface area contributed by atoms with E-state index in [9.17, 15) is 0 Å². The number of anilines is 1. The molecule has 20 heavy (non-hydrogen) atoms. The smallest absolute Gasteiger partial charge is 0.139 e. The van der Waals surface area contributed by atoms with Gasteiger partial charge >= 0.3 is 0 Å². The average Bonchev–Trinajstić information content (AvgIpc) is 2.90. The van der Waals surface area contributed by atoms with E-state index in [-0.39, 0.29) is 0 Å². The summed E-state index contributed by atoms with van der Waals surface area (Å²) in [6.45, 7) is 2.87. The Bertz CT molecular complexity index is 780. The van der Waals surface area contributed by atoms with Crippen molar-refractivity contribution in [2.24, 2.45) is 0 Å². The standard InChI is InChI=1S/C15H13N5/c1-2-17-14-6-3-10(8-18-14)13-5-4-12-11(7-16)9-19-15(12)20-13/h3-6,8-9H,2H2,1H3,(H,17,18)(H,19,20). The lowest BCUT2D eigenvalue weighted by Crippen LogP contribution is -1.98. The van der Waals surface area contributed by atoms with Gasteiger partial charge in [0.25, 0.3) is 0 Å². The lowest BCUT2D eigenvalue weighted by atomic mass is 10.1. The molecule has 0 bridgehead atoms. The number of aromatic amines is 1. The number of hydrogen-bond donors (Lipinski definition) is 2. The van der Waals surface area contributed by atoms with Gasteiger partial charge in [0.15, 0.2) is 0 Å². The first-order valence-electron chi connectivity index (χ1n) is 6.40. The molecule has 5 nitrogen and oxygen atoms in total. The Morgan fingerprint density at radius 3 is 2.90 bits per heavy atom. The molecule has 0 aliphatic rings. The Balaban J connectivity index is 1.99. The van der Waals surface area contributed by atoms with Gasteiger partial charge in [-0.2, -0.15) is 5.26 Å². The van der Waals surface area contributed by atoms with Crippen LogP contribution in [0.25, 0.3) is 22.3 Å². The van der Waals surface area contributed by atoms with E-state index in [2.05, 4.69) is 26.3 Å². The second-order valence-corrected chi connectivity index (χ2v) is 4.37. The van der Waals surface area contributed by atoms with E-state index < -0.39 is 0 Å². The summed E-state index contributed by atoms with van der Waals surface area (Å²) in [6, 6.07) is 9.86. The summed E-state index contributed by atoms with van der Waals surface area (Å²) < 4.78 is 0. The van der Waals surface area contributed by atoms with E-state index in [0.29, 0.717) is 5.56 Å². The topological polar surface area (TPSA) is 77.4 Å². The third kappa shape index (κ3) is 2.08. The number of rotatable bonds is 3. The summed E-state index contributed by atoms with van der Waals surface area (Å²) in [4.78, 5) is 11.9. The fourth-order valence-corrected chi connectivity index (χ4v) is 2.09. The first-order valence-corrected chi connectivity index (χ1v) is 6.40. The molecule has 3 aromatic rings. The van der Waals surface area contributed by atoms with Gasteiger partial charge < -0.3 is 10.3 Å². The molecule has 0 aliphatic carbocycles. The van der Waals surface area contributed by atoms with Crippen LogP contribution in [0, 0.1) is 11.3 Å². The predicted octanol–water partition coefficient (Wildman–Crippen LogP) is 2.93. The Kier molecular flexibility index (Phi) is 3.05. The van der Waals surface area contributed by atoms with Crippen LogP contribution in [0.15, 0.2) is 36.7 Å². The first kappa shape index (κ1) is 12.2. The molecule has 98 valence electrons. The van der Waals surface area contributed by atoms with E-state index in [1.807, 2.05) is 31.2 Å². The Morgan fingerprint density at radius 2 is 2.20 bits per heavy atom. The molecule has 0 saturated carbocycles. The first-order chi connectivity index (χ1) is 9.81. The van der Waals surface area contributed by atoms with Gasteiger partial charge in [-0.15, -0.1) is 0 Å². The minimum Gasteiger partial charge on any atom is -0.370 e. The monoisotopic (exact) mass is 263 g/mol. The molecule has 0 amide bonds. The molecule has 3 heterocycles. The van der Waals surface area contributed by atoms with Crippen molar-refractivity contribution >= 4 is 16.9 Å². The van der Waals surface area contributed by atoms with Gasteiger partial charge in [-0.3, -0.25) is 0 Å². The molecule has 0 aromatic carbocycles. The van der Waals surface area contributed by atoms with Crippen molar-refractivity contribution in [2.45, 2.75) is 6.92 Å². The Morgan fingerprint density at radius 1 is 1.30 bits per heavy atom. The number of aromatic nitrogens is 3. The summed E-state index contributed by atoms with van der Waals surface area (Å²) in [5.41, 5.74) is 3.11. The van der Waals surface area contributed by atoms with Crippen LogP contribution in [0.4, 0.5) is 5.82 Å².